The van der Waals surface area contributed by atoms with E-state index in [0.717, 1.165) is 18.1 Å². The van der Waals surface area contributed by atoms with Gasteiger partial charge in [0.15, 0.2) is 0 Å². The number of methoxy groups -OCH3 is 1. The molecule has 0 aliphatic carbocycles. The number of ether oxygens (including phenoxy) is 1. The lowest BCUT2D eigenvalue weighted by Gasteiger charge is -2.02. The van der Waals surface area contributed by atoms with E-state index >= 15 is 0 Å². The molecule has 0 amide bonds. The largest absolute Gasteiger partial charge is 0.384 e. The molecule has 0 bridgehead atoms. The molecule has 1 heterocycles. The third-order valence-corrected chi connectivity index (χ3v) is 2.67. The van der Waals surface area contributed by atoms with Crippen LogP contribution in [-0.4, -0.2) is 24.5 Å². The number of nitrogens with two attached hydrogens (primary N) is 1. The molecule has 0 radical (unpaired) electrons. The van der Waals surface area contributed by atoms with Gasteiger partial charge in [0.05, 0.1) is 6.61 Å². The summed E-state index contributed by atoms with van der Waals surface area (Å²) < 4.78 is 4.95. The maximum absolute atomic E-state index is 5.21. The zero-order valence-electron chi connectivity index (χ0n) is 8.19. The van der Waals surface area contributed by atoms with Crippen molar-refractivity contribution in [3.05, 3.63) is 23.9 Å². The predicted octanol–water partition coefficient (Wildman–Crippen LogP) is 1.25. The summed E-state index contributed by atoms with van der Waals surface area (Å²) in [6.07, 6.45) is 1.83. The highest BCUT2D eigenvalue weighted by atomic mass is 32.2. The smallest absolute Gasteiger partial charge is 0.139 e. The molecule has 1 aromatic rings. The first-order valence-corrected chi connectivity index (χ1v) is 5.50. The highest BCUT2D eigenvalue weighted by Gasteiger charge is 1.95. The molecule has 0 aliphatic rings. The van der Waals surface area contributed by atoms with Gasteiger partial charge in [-0.15, -0.1) is 0 Å². The maximum atomic E-state index is 5.21. The minimum Gasteiger partial charge on any atom is -0.384 e. The SMILES string of the molecule is COCCSCc1ccc(NN)nc1. The Morgan fingerprint density at radius 2 is 2.43 bits per heavy atom. The number of nitrogens with one attached hydrogen (secondary N) is 1. The van der Waals surface area contributed by atoms with E-state index in [9.17, 15) is 0 Å². The molecule has 0 aliphatic heterocycles. The summed E-state index contributed by atoms with van der Waals surface area (Å²) in [6.45, 7) is 0.792. The van der Waals surface area contributed by atoms with Crippen LogP contribution in [0.1, 0.15) is 5.56 Å². The molecule has 1 rings (SSSR count). The van der Waals surface area contributed by atoms with Crippen molar-refractivity contribution < 1.29 is 4.74 Å². The van der Waals surface area contributed by atoms with Crippen LogP contribution < -0.4 is 11.3 Å². The third-order valence-electron chi connectivity index (χ3n) is 1.67. The normalized spacial score (nSPS) is 10.1. The maximum Gasteiger partial charge on any atom is 0.139 e. The number of pyridine rings is 1. The van der Waals surface area contributed by atoms with Crippen LogP contribution in [0.15, 0.2) is 18.3 Å². The van der Waals surface area contributed by atoms with E-state index in [2.05, 4.69) is 10.4 Å². The number of anilines is 1. The molecule has 4 nitrogen and oxygen atoms in total. The van der Waals surface area contributed by atoms with Crippen molar-refractivity contribution >= 4 is 17.6 Å². The number of rotatable bonds is 6. The summed E-state index contributed by atoms with van der Waals surface area (Å²) in [7, 11) is 1.71. The second kappa shape index (κ2) is 6.64. The van der Waals surface area contributed by atoms with Gasteiger partial charge in [-0.2, -0.15) is 11.8 Å². The summed E-state index contributed by atoms with van der Waals surface area (Å²) in [4.78, 5) is 4.12. The molecule has 0 fully saturated rings. The minimum atomic E-state index is 0.690. The second-order valence-electron chi connectivity index (χ2n) is 2.74. The van der Waals surface area contributed by atoms with Gasteiger partial charge in [0.25, 0.3) is 0 Å². The number of aromatic nitrogens is 1. The Morgan fingerprint density at radius 3 is 3.00 bits per heavy atom. The molecule has 0 aromatic carbocycles. The molecule has 1 aromatic heterocycles. The fourth-order valence-corrected chi connectivity index (χ4v) is 1.76. The summed E-state index contributed by atoms with van der Waals surface area (Å²) in [5, 5.41) is 0. The highest BCUT2D eigenvalue weighted by Crippen LogP contribution is 2.12. The van der Waals surface area contributed by atoms with Crippen LogP contribution in [0.3, 0.4) is 0 Å². The van der Waals surface area contributed by atoms with Crippen LogP contribution in [0, 0.1) is 0 Å². The second-order valence-corrected chi connectivity index (χ2v) is 3.85. The summed E-state index contributed by atoms with van der Waals surface area (Å²) in [5.41, 5.74) is 3.69. The Bertz CT molecular complexity index is 253. The van der Waals surface area contributed by atoms with Crippen LogP contribution in [-0.2, 0) is 10.5 Å². The Hall–Kier alpha value is -0.780. The molecule has 3 N–H and O–H groups in total. The van der Waals surface area contributed by atoms with Crippen LogP contribution in [0.25, 0.3) is 0 Å². The molecular formula is C9H15N3OS. The average molecular weight is 213 g/mol. The first-order valence-electron chi connectivity index (χ1n) is 4.35. The van der Waals surface area contributed by atoms with E-state index in [1.165, 1.54) is 5.56 Å². The molecule has 0 saturated carbocycles. The monoisotopic (exact) mass is 213 g/mol. The lowest BCUT2D eigenvalue weighted by molar-refractivity contribution is 0.218. The Balaban J connectivity index is 2.29. The lowest BCUT2D eigenvalue weighted by atomic mass is 10.3. The zero-order valence-corrected chi connectivity index (χ0v) is 9.01. The molecular weight excluding hydrogens is 198 g/mol. The Labute approximate surface area is 88.2 Å². The van der Waals surface area contributed by atoms with Gasteiger partial charge < -0.3 is 10.2 Å². The quantitative estimate of drug-likeness (QED) is 0.423. The van der Waals surface area contributed by atoms with E-state index in [4.69, 9.17) is 10.6 Å². The lowest BCUT2D eigenvalue weighted by Crippen LogP contribution is -2.08. The molecule has 0 saturated heterocycles. The fourth-order valence-electron chi connectivity index (χ4n) is 0.928. The summed E-state index contributed by atoms with van der Waals surface area (Å²) in [5.74, 6) is 7.86. The fraction of sp³-hybridized carbons (Fsp3) is 0.444. The van der Waals surface area contributed by atoms with E-state index < -0.39 is 0 Å². The molecule has 78 valence electrons. The van der Waals surface area contributed by atoms with Crippen molar-refractivity contribution in [2.45, 2.75) is 5.75 Å². The van der Waals surface area contributed by atoms with Crippen LogP contribution in [0.2, 0.25) is 0 Å². The van der Waals surface area contributed by atoms with Crippen molar-refractivity contribution in [1.82, 2.24) is 4.98 Å². The van der Waals surface area contributed by atoms with Gasteiger partial charge in [-0.25, -0.2) is 10.8 Å². The van der Waals surface area contributed by atoms with Crippen molar-refractivity contribution in [1.29, 1.82) is 0 Å². The van der Waals surface area contributed by atoms with Crippen molar-refractivity contribution in [3.8, 4) is 0 Å². The first kappa shape index (κ1) is 11.3. The van der Waals surface area contributed by atoms with Crippen LogP contribution in [0.4, 0.5) is 5.82 Å². The van der Waals surface area contributed by atoms with Gasteiger partial charge in [-0.3, -0.25) is 0 Å². The number of nitrogens with zero attached hydrogens (tertiary/aromatic N) is 1. The molecule has 14 heavy (non-hydrogen) atoms. The number of hydrazine groups is 1. The predicted molar refractivity (Wildman–Crippen MR) is 60.1 cm³/mol. The van der Waals surface area contributed by atoms with E-state index in [0.29, 0.717) is 5.82 Å². The molecule has 0 spiro atoms. The topological polar surface area (TPSA) is 60.2 Å². The molecule has 0 unspecified atom stereocenters. The Morgan fingerprint density at radius 1 is 1.57 bits per heavy atom. The minimum absolute atomic E-state index is 0.690. The van der Waals surface area contributed by atoms with Gasteiger partial charge >= 0.3 is 0 Å². The summed E-state index contributed by atoms with van der Waals surface area (Å²) >= 11 is 1.83. The third kappa shape index (κ3) is 3.95. The van der Waals surface area contributed by atoms with E-state index in [1.54, 1.807) is 7.11 Å². The number of hydrogen-bond acceptors (Lipinski definition) is 5. The van der Waals surface area contributed by atoms with Gasteiger partial charge in [-0.1, -0.05) is 6.07 Å². The van der Waals surface area contributed by atoms with E-state index in [1.807, 2.05) is 30.1 Å². The average Bonchev–Trinajstić information content (AvgIpc) is 2.25. The molecule has 5 heteroatoms. The number of thioether (sulfide) groups is 1. The first-order chi connectivity index (χ1) is 6.86. The van der Waals surface area contributed by atoms with Crippen molar-refractivity contribution in [3.63, 3.8) is 0 Å². The van der Waals surface area contributed by atoms with Gasteiger partial charge in [0.1, 0.15) is 5.82 Å². The summed E-state index contributed by atoms with van der Waals surface area (Å²) in [6, 6.07) is 3.88. The van der Waals surface area contributed by atoms with Gasteiger partial charge in [0.2, 0.25) is 0 Å². The van der Waals surface area contributed by atoms with E-state index in [-0.39, 0.29) is 0 Å². The van der Waals surface area contributed by atoms with Gasteiger partial charge in [-0.05, 0) is 11.6 Å². The van der Waals surface area contributed by atoms with Crippen LogP contribution >= 0.6 is 11.8 Å². The van der Waals surface area contributed by atoms with Crippen LogP contribution in [0.5, 0.6) is 0 Å². The standard InChI is InChI=1S/C9H15N3OS/c1-13-4-5-14-7-8-2-3-9(12-10)11-6-8/h2-3,6H,4-5,7,10H2,1H3,(H,11,12). The molecule has 0 atom stereocenters. The van der Waals surface area contributed by atoms with Gasteiger partial charge in [0, 0.05) is 24.8 Å². The zero-order chi connectivity index (χ0) is 10.2. The Kier molecular flexibility index (Phi) is 5.36. The number of hydrogen-bond donors (Lipinski definition) is 2. The number of nitrogen functional groups attached to an aromatic ring is 1. The van der Waals surface area contributed by atoms with Crippen molar-refractivity contribution in [2.75, 3.05) is 24.9 Å². The highest BCUT2D eigenvalue weighted by molar-refractivity contribution is 7.98. The van der Waals surface area contributed by atoms with Crippen molar-refractivity contribution in [2.24, 2.45) is 5.84 Å².